The molecule has 17 heavy (non-hydrogen) atoms. The SMILES string of the molecule is CC(C)C[C@@H]1CN=C(c2ccccc2)OC1=O. The first-order valence-electron chi connectivity index (χ1n) is 5.98. The molecule has 0 saturated carbocycles. The number of carbonyl (C=O) groups excluding carboxylic acids is 1. The molecule has 1 aliphatic rings. The summed E-state index contributed by atoms with van der Waals surface area (Å²) in [5, 5.41) is 0. The van der Waals surface area contributed by atoms with Crippen LogP contribution in [0.2, 0.25) is 0 Å². The Morgan fingerprint density at radius 2 is 2.06 bits per heavy atom. The van der Waals surface area contributed by atoms with Gasteiger partial charge in [0, 0.05) is 5.56 Å². The molecule has 90 valence electrons. The Morgan fingerprint density at radius 1 is 1.35 bits per heavy atom. The van der Waals surface area contributed by atoms with Crippen molar-refractivity contribution in [2.75, 3.05) is 6.54 Å². The molecule has 0 N–H and O–H groups in total. The number of rotatable bonds is 3. The van der Waals surface area contributed by atoms with Crippen LogP contribution in [0.4, 0.5) is 0 Å². The van der Waals surface area contributed by atoms with Gasteiger partial charge in [-0.05, 0) is 24.5 Å². The lowest BCUT2D eigenvalue weighted by Gasteiger charge is -2.21. The second-order valence-corrected chi connectivity index (χ2v) is 4.76. The molecule has 1 aromatic rings. The third-order valence-corrected chi connectivity index (χ3v) is 2.76. The Bertz CT molecular complexity index is 423. The molecule has 0 radical (unpaired) electrons. The fourth-order valence-electron chi connectivity index (χ4n) is 1.95. The van der Waals surface area contributed by atoms with Gasteiger partial charge in [-0.1, -0.05) is 32.0 Å². The van der Waals surface area contributed by atoms with Gasteiger partial charge in [0.25, 0.3) is 0 Å². The predicted molar refractivity (Wildman–Crippen MR) is 66.9 cm³/mol. The van der Waals surface area contributed by atoms with Gasteiger partial charge in [-0.15, -0.1) is 0 Å². The van der Waals surface area contributed by atoms with E-state index in [2.05, 4.69) is 18.8 Å². The molecule has 3 nitrogen and oxygen atoms in total. The monoisotopic (exact) mass is 231 g/mol. The third kappa shape index (κ3) is 2.93. The van der Waals surface area contributed by atoms with Gasteiger partial charge in [-0.25, -0.2) is 4.99 Å². The Labute approximate surface area is 102 Å². The molecule has 1 atom stereocenters. The number of aliphatic imine (C=N–C) groups is 1. The predicted octanol–water partition coefficient (Wildman–Crippen LogP) is 2.65. The van der Waals surface area contributed by atoms with Gasteiger partial charge in [0.2, 0.25) is 5.90 Å². The smallest absolute Gasteiger partial charge is 0.317 e. The van der Waals surface area contributed by atoms with Crippen LogP contribution < -0.4 is 0 Å². The Kier molecular flexibility index (Phi) is 3.57. The zero-order valence-corrected chi connectivity index (χ0v) is 10.2. The summed E-state index contributed by atoms with van der Waals surface area (Å²) >= 11 is 0. The lowest BCUT2D eigenvalue weighted by Crippen LogP contribution is -2.30. The van der Waals surface area contributed by atoms with Crippen LogP contribution in [0, 0.1) is 11.8 Å². The molecule has 1 heterocycles. The number of ether oxygens (including phenoxy) is 1. The number of hydrogen-bond donors (Lipinski definition) is 0. The van der Waals surface area contributed by atoms with Crippen molar-refractivity contribution in [1.82, 2.24) is 0 Å². The van der Waals surface area contributed by atoms with E-state index in [9.17, 15) is 4.79 Å². The van der Waals surface area contributed by atoms with Gasteiger partial charge >= 0.3 is 5.97 Å². The van der Waals surface area contributed by atoms with Crippen molar-refractivity contribution < 1.29 is 9.53 Å². The van der Waals surface area contributed by atoms with Crippen molar-refractivity contribution >= 4 is 11.9 Å². The molecular weight excluding hydrogens is 214 g/mol. The normalized spacial score (nSPS) is 20.1. The molecule has 0 spiro atoms. The molecule has 1 aliphatic heterocycles. The van der Waals surface area contributed by atoms with Gasteiger partial charge in [-0.3, -0.25) is 4.79 Å². The largest absolute Gasteiger partial charge is 0.407 e. The van der Waals surface area contributed by atoms with Crippen molar-refractivity contribution in [3.63, 3.8) is 0 Å². The van der Waals surface area contributed by atoms with Crippen LogP contribution in [0.15, 0.2) is 35.3 Å². The summed E-state index contributed by atoms with van der Waals surface area (Å²) in [5.41, 5.74) is 0.865. The summed E-state index contributed by atoms with van der Waals surface area (Å²) in [4.78, 5) is 16.2. The van der Waals surface area contributed by atoms with Gasteiger partial charge < -0.3 is 4.74 Å². The molecule has 0 aliphatic carbocycles. The molecule has 3 heteroatoms. The topological polar surface area (TPSA) is 38.7 Å². The first-order valence-corrected chi connectivity index (χ1v) is 5.98. The number of hydrogen-bond acceptors (Lipinski definition) is 3. The Balaban J connectivity index is 2.10. The zero-order chi connectivity index (χ0) is 12.3. The number of cyclic esters (lactones) is 1. The highest BCUT2D eigenvalue weighted by Crippen LogP contribution is 2.19. The molecular formula is C14H17NO2. The van der Waals surface area contributed by atoms with Crippen LogP contribution in [0.1, 0.15) is 25.8 Å². The highest BCUT2D eigenvalue weighted by Gasteiger charge is 2.27. The summed E-state index contributed by atoms with van der Waals surface area (Å²) in [7, 11) is 0. The minimum absolute atomic E-state index is 0.0811. The second-order valence-electron chi connectivity index (χ2n) is 4.76. The highest BCUT2D eigenvalue weighted by atomic mass is 16.5. The van der Waals surface area contributed by atoms with E-state index in [1.807, 2.05) is 30.3 Å². The van der Waals surface area contributed by atoms with Crippen LogP contribution in [0.5, 0.6) is 0 Å². The molecule has 0 fully saturated rings. The van der Waals surface area contributed by atoms with E-state index in [0.29, 0.717) is 18.4 Å². The molecule has 0 bridgehead atoms. The van der Waals surface area contributed by atoms with Gasteiger partial charge in [0.15, 0.2) is 0 Å². The van der Waals surface area contributed by atoms with E-state index in [1.54, 1.807) is 0 Å². The first-order chi connectivity index (χ1) is 8.16. The van der Waals surface area contributed by atoms with Crippen molar-refractivity contribution in [3.05, 3.63) is 35.9 Å². The van der Waals surface area contributed by atoms with Crippen LogP contribution in [-0.2, 0) is 9.53 Å². The fourth-order valence-corrected chi connectivity index (χ4v) is 1.95. The number of benzene rings is 1. The summed E-state index contributed by atoms with van der Waals surface area (Å²) < 4.78 is 5.30. The van der Waals surface area contributed by atoms with E-state index in [-0.39, 0.29) is 11.9 Å². The van der Waals surface area contributed by atoms with E-state index >= 15 is 0 Å². The first kappa shape index (κ1) is 11.8. The quantitative estimate of drug-likeness (QED) is 0.750. The van der Waals surface area contributed by atoms with Crippen LogP contribution in [0.25, 0.3) is 0 Å². The van der Waals surface area contributed by atoms with Gasteiger partial charge in [-0.2, -0.15) is 0 Å². The van der Waals surface area contributed by atoms with Crippen LogP contribution in [-0.4, -0.2) is 18.4 Å². The number of nitrogens with zero attached hydrogens (tertiary/aromatic N) is 1. The van der Waals surface area contributed by atoms with Crippen LogP contribution in [0.3, 0.4) is 0 Å². The molecule has 0 unspecified atom stereocenters. The minimum Gasteiger partial charge on any atom is -0.407 e. The maximum absolute atomic E-state index is 11.8. The average Bonchev–Trinajstić information content (AvgIpc) is 2.32. The molecule has 0 amide bonds. The summed E-state index contributed by atoms with van der Waals surface area (Å²) in [5.74, 6) is 0.714. The van der Waals surface area contributed by atoms with Crippen LogP contribution >= 0.6 is 0 Å². The standard InChI is InChI=1S/C14H17NO2/c1-10(2)8-12-9-15-13(17-14(12)16)11-6-4-3-5-7-11/h3-7,10,12H,8-9H2,1-2H3/t12-/m1/s1. The molecule has 0 aromatic heterocycles. The van der Waals surface area contributed by atoms with E-state index in [4.69, 9.17) is 4.74 Å². The minimum atomic E-state index is -0.146. The van der Waals surface area contributed by atoms with E-state index in [1.165, 1.54) is 0 Å². The lowest BCUT2D eigenvalue weighted by atomic mass is 9.96. The average molecular weight is 231 g/mol. The maximum Gasteiger partial charge on any atom is 0.317 e. The molecule has 1 aromatic carbocycles. The Morgan fingerprint density at radius 3 is 2.65 bits per heavy atom. The highest BCUT2D eigenvalue weighted by molar-refractivity contribution is 6.02. The summed E-state index contributed by atoms with van der Waals surface area (Å²) in [6, 6.07) is 9.54. The van der Waals surface area contributed by atoms with E-state index in [0.717, 1.165) is 12.0 Å². The fraction of sp³-hybridized carbons (Fsp3) is 0.429. The second kappa shape index (κ2) is 5.13. The molecule has 2 rings (SSSR count). The zero-order valence-electron chi connectivity index (χ0n) is 10.2. The summed E-state index contributed by atoms with van der Waals surface area (Å²) in [6.07, 6.45) is 0.838. The Hall–Kier alpha value is -1.64. The van der Waals surface area contributed by atoms with Gasteiger partial charge in [0.05, 0.1) is 12.5 Å². The van der Waals surface area contributed by atoms with Crippen molar-refractivity contribution in [2.24, 2.45) is 16.8 Å². The van der Waals surface area contributed by atoms with Gasteiger partial charge in [0.1, 0.15) is 0 Å². The van der Waals surface area contributed by atoms with Crippen molar-refractivity contribution in [3.8, 4) is 0 Å². The lowest BCUT2D eigenvalue weighted by molar-refractivity contribution is -0.141. The van der Waals surface area contributed by atoms with E-state index < -0.39 is 0 Å². The maximum atomic E-state index is 11.8. The third-order valence-electron chi connectivity index (χ3n) is 2.76. The number of carbonyl (C=O) groups is 1. The summed E-state index contributed by atoms with van der Waals surface area (Å²) in [6.45, 7) is 4.74. The van der Waals surface area contributed by atoms with Crippen molar-refractivity contribution in [2.45, 2.75) is 20.3 Å². The molecule has 0 saturated heterocycles. The van der Waals surface area contributed by atoms with Crippen molar-refractivity contribution in [1.29, 1.82) is 0 Å². The number of esters is 1.